The number of hydrogen-bond donors (Lipinski definition) is 1. The van der Waals surface area contributed by atoms with Gasteiger partial charge in [0.25, 0.3) is 0 Å². The number of carbonyl (C=O) groups is 6. The number of rotatable bonds is 18. The molecule has 1 heterocycles. The molecule has 4 aromatic rings. The Morgan fingerprint density at radius 3 is 2.05 bits per heavy atom. The summed E-state index contributed by atoms with van der Waals surface area (Å²) >= 11 is 0. The minimum absolute atomic E-state index is 0.00601. The molecule has 64 heavy (non-hydrogen) atoms. The summed E-state index contributed by atoms with van der Waals surface area (Å²) in [4.78, 5) is 84.5. The van der Waals surface area contributed by atoms with E-state index < -0.39 is 41.7 Å². The number of amides is 2. The van der Waals surface area contributed by atoms with Crippen molar-refractivity contribution in [2.24, 2.45) is 17.8 Å². The van der Waals surface area contributed by atoms with E-state index in [2.05, 4.69) is 43.4 Å². The highest BCUT2D eigenvalue weighted by Crippen LogP contribution is 2.35. The van der Waals surface area contributed by atoms with Crippen molar-refractivity contribution in [3.63, 3.8) is 0 Å². The van der Waals surface area contributed by atoms with Gasteiger partial charge >= 0.3 is 5.97 Å². The Bertz CT molecular complexity index is 2280. The molecule has 9 heteroatoms. The third-order valence-electron chi connectivity index (χ3n) is 13.0. The number of ether oxygens (including phenoxy) is 1. The maximum atomic E-state index is 14.7. The maximum Gasteiger partial charge on any atom is 0.328 e. The lowest BCUT2D eigenvalue weighted by Gasteiger charge is -2.32. The summed E-state index contributed by atoms with van der Waals surface area (Å²) in [5, 5.41) is 2.82. The molecule has 1 N–H and O–H groups in total. The highest BCUT2D eigenvalue weighted by molar-refractivity contribution is 5.98. The topological polar surface area (TPSA) is 127 Å². The van der Waals surface area contributed by atoms with Gasteiger partial charge in [0.05, 0.1) is 7.11 Å². The minimum atomic E-state index is -1.04. The lowest BCUT2D eigenvalue weighted by molar-refractivity contribution is -0.146. The van der Waals surface area contributed by atoms with Crippen LogP contribution < -0.4 is 5.32 Å². The predicted molar refractivity (Wildman–Crippen MR) is 254 cm³/mol. The second-order valence-electron chi connectivity index (χ2n) is 18.0. The van der Waals surface area contributed by atoms with Crippen LogP contribution in [-0.4, -0.2) is 60.2 Å². The molecule has 0 spiro atoms. The van der Waals surface area contributed by atoms with E-state index in [4.69, 9.17) is 4.74 Å². The molecule has 0 saturated carbocycles. The number of esters is 1. The van der Waals surface area contributed by atoms with Crippen LogP contribution in [0, 0.1) is 31.6 Å². The van der Waals surface area contributed by atoms with E-state index in [9.17, 15) is 28.8 Å². The van der Waals surface area contributed by atoms with Gasteiger partial charge in [0.2, 0.25) is 11.8 Å². The number of hydrogen-bond acceptors (Lipinski definition) is 7. The van der Waals surface area contributed by atoms with Crippen LogP contribution in [0.5, 0.6) is 0 Å². The molecule has 2 amide bonds. The first kappa shape index (κ1) is 49.3. The SMILES string of the molecule is CCCCC[C@H](CC(=O)[C@H](C)CCC(=O)c1ccc(-c2ccc(CCCC)cc2)cc1)C(=O)N(C)[C@@H]1C(=O)C[C@@H](C)C(=O)N[C@H](C(=O)OC)Cc2ccc(C)c(c2)-c2cc1ccc2C. The van der Waals surface area contributed by atoms with Crippen LogP contribution in [0.3, 0.4) is 0 Å². The highest BCUT2D eigenvalue weighted by atomic mass is 16.5. The molecule has 5 rings (SSSR count). The first-order valence-corrected chi connectivity index (χ1v) is 23.3. The van der Waals surface area contributed by atoms with Gasteiger partial charge in [-0.05, 0) is 95.7 Å². The monoisotopic (exact) mass is 869 g/mol. The molecule has 0 fully saturated rings. The number of unbranched alkanes of at least 4 members (excludes halogenated alkanes) is 3. The summed E-state index contributed by atoms with van der Waals surface area (Å²) in [5.41, 5.74) is 9.25. The quantitative estimate of drug-likeness (QED) is 0.0599. The first-order chi connectivity index (χ1) is 30.6. The number of Topliss-reactive ketones (excluding diaryl/α,β-unsaturated/α-hetero) is 3. The molecular formula is C55H68N2O7. The van der Waals surface area contributed by atoms with E-state index in [0.717, 1.165) is 77.5 Å². The van der Waals surface area contributed by atoms with Crippen molar-refractivity contribution in [3.05, 3.63) is 118 Å². The number of methoxy groups -OCH3 is 1. The van der Waals surface area contributed by atoms with Gasteiger partial charge in [-0.15, -0.1) is 0 Å². The third kappa shape index (κ3) is 12.7. The van der Waals surface area contributed by atoms with E-state index in [1.54, 1.807) is 14.0 Å². The molecule has 0 aromatic heterocycles. The van der Waals surface area contributed by atoms with E-state index in [-0.39, 0.29) is 48.9 Å². The lowest BCUT2D eigenvalue weighted by Crippen LogP contribution is -2.46. The lowest BCUT2D eigenvalue weighted by atomic mass is 9.85. The number of nitrogens with zero attached hydrogens (tertiary/aromatic N) is 1. The van der Waals surface area contributed by atoms with Gasteiger partial charge in [0.15, 0.2) is 11.6 Å². The van der Waals surface area contributed by atoms with Crippen LogP contribution in [0.25, 0.3) is 22.3 Å². The Morgan fingerprint density at radius 1 is 0.781 bits per heavy atom. The van der Waals surface area contributed by atoms with Crippen molar-refractivity contribution in [1.82, 2.24) is 10.2 Å². The summed E-state index contributed by atoms with van der Waals surface area (Å²) in [6, 6.07) is 25.9. The normalized spacial score (nSPS) is 17.4. The fraction of sp³-hybridized carbons (Fsp3) is 0.455. The van der Waals surface area contributed by atoms with Gasteiger partial charge in [-0.25, -0.2) is 4.79 Å². The number of benzene rings is 4. The molecular weight excluding hydrogens is 801 g/mol. The fourth-order valence-electron chi connectivity index (χ4n) is 8.76. The Labute approximate surface area is 380 Å². The first-order valence-electron chi connectivity index (χ1n) is 23.3. The van der Waals surface area contributed by atoms with Crippen molar-refractivity contribution in [1.29, 1.82) is 0 Å². The molecule has 340 valence electrons. The molecule has 1 aliphatic heterocycles. The molecule has 0 aliphatic carbocycles. The van der Waals surface area contributed by atoms with Crippen molar-refractivity contribution in [3.8, 4) is 22.3 Å². The Hall–Kier alpha value is -5.70. The molecule has 1 aliphatic rings. The number of nitrogens with one attached hydrogen (secondary N) is 1. The van der Waals surface area contributed by atoms with Gasteiger partial charge < -0.3 is 15.0 Å². The molecule has 9 nitrogen and oxygen atoms in total. The fourth-order valence-corrected chi connectivity index (χ4v) is 8.76. The molecule has 4 aromatic carbocycles. The minimum Gasteiger partial charge on any atom is -0.467 e. The third-order valence-corrected chi connectivity index (χ3v) is 13.0. The van der Waals surface area contributed by atoms with E-state index in [1.165, 1.54) is 17.6 Å². The largest absolute Gasteiger partial charge is 0.467 e. The number of fused-ring (bicyclic) bond motifs is 5. The number of aryl methyl sites for hydroxylation is 3. The summed E-state index contributed by atoms with van der Waals surface area (Å²) in [6.07, 6.45) is 6.99. The van der Waals surface area contributed by atoms with Gasteiger partial charge in [-0.3, -0.25) is 24.0 Å². The van der Waals surface area contributed by atoms with Crippen LogP contribution in [0.4, 0.5) is 0 Å². The zero-order valence-corrected chi connectivity index (χ0v) is 39.3. The Balaban J connectivity index is 1.35. The number of likely N-dealkylation sites (N-methyl/N-ethyl adjacent to an activating group) is 1. The van der Waals surface area contributed by atoms with E-state index in [1.807, 2.05) is 81.4 Å². The summed E-state index contributed by atoms with van der Waals surface area (Å²) in [5.74, 6) is -3.78. The van der Waals surface area contributed by atoms with Crippen LogP contribution in [-0.2, 0) is 41.6 Å². The molecule has 0 unspecified atom stereocenters. The average Bonchev–Trinajstić information content (AvgIpc) is 3.29. The van der Waals surface area contributed by atoms with Crippen LogP contribution in [0.2, 0.25) is 0 Å². The van der Waals surface area contributed by atoms with Gasteiger partial charge in [-0.1, -0.05) is 132 Å². The van der Waals surface area contributed by atoms with Crippen molar-refractivity contribution in [2.45, 2.75) is 131 Å². The van der Waals surface area contributed by atoms with E-state index >= 15 is 0 Å². The summed E-state index contributed by atoms with van der Waals surface area (Å²) in [6.45, 7) is 11.7. The molecule has 0 radical (unpaired) electrons. The number of ketones is 3. The average molecular weight is 869 g/mol. The van der Waals surface area contributed by atoms with Crippen molar-refractivity contribution < 1.29 is 33.5 Å². The molecule has 4 bridgehead atoms. The van der Waals surface area contributed by atoms with Gasteiger partial charge in [-0.2, -0.15) is 0 Å². The standard InChI is InChI=1S/C55H68N2O7/c1-9-11-13-15-45(34-50(59)37(5)18-29-49(58)43-27-25-42(26-28-43)41-23-20-39(21-24-41)14-12-10-2)54(62)57(7)52-44-22-17-36(4)47(33-44)46-31-40(19-16-35(46)3)32-48(55(63)64-8)56-53(61)38(6)30-51(52)60/h16-17,19-28,31,33,37-38,45,48,52H,9-15,18,29-30,32,34H2,1-8H3,(H,56,61)/t37-,38-,45-,48+,52+/m1/s1. The van der Waals surface area contributed by atoms with Crippen LogP contribution in [0.15, 0.2) is 84.9 Å². The Kier molecular flexibility index (Phi) is 18.0. The Morgan fingerprint density at radius 2 is 1.41 bits per heavy atom. The van der Waals surface area contributed by atoms with E-state index in [0.29, 0.717) is 24.0 Å². The number of carbonyl (C=O) groups excluding carboxylic acids is 6. The summed E-state index contributed by atoms with van der Waals surface area (Å²) < 4.78 is 5.05. The predicted octanol–water partition coefficient (Wildman–Crippen LogP) is 10.7. The summed E-state index contributed by atoms with van der Waals surface area (Å²) in [7, 11) is 2.89. The van der Waals surface area contributed by atoms with Crippen molar-refractivity contribution in [2.75, 3.05) is 14.2 Å². The zero-order valence-electron chi connectivity index (χ0n) is 39.3. The maximum absolute atomic E-state index is 14.7. The molecule has 0 saturated heterocycles. The zero-order chi connectivity index (χ0) is 46.5. The smallest absolute Gasteiger partial charge is 0.328 e. The van der Waals surface area contributed by atoms with Crippen LogP contribution >= 0.6 is 0 Å². The molecule has 5 atom stereocenters. The second-order valence-corrected chi connectivity index (χ2v) is 18.0. The van der Waals surface area contributed by atoms with Gasteiger partial charge in [0.1, 0.15) is 17.9 Å². The van der Waals surface area contributed by atoms with Gasteiger partial charge in [0, 0.05) is 56.0 Å². The van der Waals surface area contributed by atoms with Crippen molar-refractivity contribution >= 4 is 35.1 Å². The highest BCUT2D eigenvalue weighted by Gasteiger charge is 2.36. The van der Waals surface area contributed by atoms with Crippen LogP contribution in [0.1, 0.15) is 136 Å². The second kappa shape index (κ2) is 23.3.